The van der Waals surface area contributed by atoms with Gasteiger partial charge in [0.2, 0.25) is 0 Å². The maximum atomic E-state index is 13.3. The average molecular weight is 300 g/mol. The van der Waals surface area contributed by atoms with E-state index in [2.05, 4.69) is 9.97 Å². The largest absolute Gasteiger partial charge is 0.478 e. The summed E-state index contributed by atoms with van der Waals surface area (Å²) in [5.41, 5.74) is 0.441. The lowest BCUT2D eigenvalue weighted by atomic mass is 10.2. The number of benzene rings is 2. The second-order valence-corrected chi connectivity index (χ2v) is 5.30. The third-order valence-corrected chi connectivity index (χ3v) is 3.71. The standard InChI is InChI=1S/C15H9FN2O2S/c16-12-6-5-10(7-11(12)14(19)20)21-15-17-8-9-3-1-2-4-13(9)18-15/h1-8H,(H,19,20). The minimum absolute atomic E-state index is 0.360. The number of halogens is 1. The van der Waals surface area contributed by atoms with E-state index in [1.807, 2.05) is 24.3 Å². The molecular formula is C15H9FN2O2S. The van der Waals surface area contributed by atoms with Crippen LogP contribution in [-0.4, -0.2) is 21.0 Å². The van der Waals surface area contributed by atoms with E-state index in [9.17, 15) is 9.18 Å². The number of hydrogen-bond donors (Lipinski definition) is 1. The van der Waals surface area contributed by atoms with Gasteiger partial charge in [0.1, 0.15) is 5.82 Å². The van der Waals surface area contributed by atoms with Crippen LogP contribution in [0, 0.1) is 5.82 Å². The fraction of sp³-hybridized carbons (Fsp3) is 0. The van der Waals surface area contributed by atoms with Crippen molar-refractivity contribution in [2.75, 3.05) is 0 Å². The number of nitrogens with zero attached hydrogens (tertiary/aromatic N) is 2. The highest BCUT2D eigenvalue weighted by atomic mass is 32.2. The summed E-state index contributed by atoms with van der Waals surface area (Å²) in [6.45, 7) is 0. The van der Waals surface area contributed by atoms with Crippen LogP contribution in [0.15, 0.2) is 58.7 Å². The van der Waals surface area contributed by atoms with Gasteiger partial charge in [0.05, 0.1) is 11.1 Å². The molecule has 0 aliphatic heterocycles. The van der Waals surface area contributed by atoms with Crippen molar-refractivity contribution in [3.8, 4) is 0 Å². The minimum Gasteiger partial charge on any atom is -0.478 e. The van der Waals surface area contributed by atoms with E-state index in [0.717, 1.165) is 17.0 Å². The van der Waals surface area contributed by atoms with E-state index in [0.29, 0.717) is 10.1 Å². The smallest absolute Gasteiger partial charge is 0.338 e. The number of rotatable bonds is 3. The highest BCUT2D eigenvalue weighted by Gasteiger charge is 2.12. The SMILES string of the molecule is O=C(O)c1cc(Sc2ncc3ccccc3n2)ccc1F. The molecule has 3 rings (SSSR count). The maximum absolute atomic E-state index is 13.3. The van der Waals surface area contributed by atoms with Gasteiger partial charge in [0, 0.05) is 16.5 Å². The van der Waals surface area contributed by atoms with E-state index < -0.39 is 11.8 Å². The molecule has 3 aromatic rings. The van der Waals surface area contributed by atoms with E-state index in [-0.39, 0.29) is 5.56 Å². The fourth-order valence-corrected chi connectivity index (χ4v) is 2.61. The van der Waals surface area contributed by atoms with Crippen molar-refractivity contribution in [2.45, 2.75) is 10.1 Å². The second-order valence-electron chi connectivity index (χ2n) is 4.26. The molecule has 0 bridgehead atoms. The van der Waals surface area contributed by atoms with E-state index in [4.69, 9.17) is 5.11 Å². The van der Waals surface area contributed by atoms with Crippen LogP contribution in [0.4, 0.5) is 4.39 Å². The summed E-state index contributed by atoms with van der Waals surface area (Å²) in [6.07, 6.45) is 1.70. The van der Waals surface area contributed by atoms with Crippen LogP contribution in [0.25, 0.3) is 10.9 Å². The Morgan fingerprint density at radius 2 is 2.00 bits per heavy atom. The van der Waals surface area contributed by atoms with E-state index in [1.165, 1.54) is 23.9 Å². The van der Waals surface area contributed by atoms with Crippen molar-refractivity contribution >= 4 is 28.6 Å². The molecule has 0 spiro atoms. The Hall–Kier alpha value is -2.47. The molecule has 21 heavy (non-hydrogen) atoms. The summed E-state index contributed by atoms with van der Waals surface area (Å²) in [5, 5.41) is 10.3. The number of carboxylic acids is 1. The van der Waals surface area contributed by atoms with Gasteiger partial charge in [-0.25, -0.2) is 19.2 Å². The predicted octanol–water partition coefficient (Wildman–Crippen LogP) is 3.62. The molecule has 0 aliphatic carbocycles. The second kappa shape index (κ2) is 5.49. The van der Waals surface area contributed by atoms with Crippen molar-refractivity contribution < 1.29 is 14.3 Å². The molecule has 1 heterocycles. The molecular weight excluding hydrogens is 291 g/mol. The van der Waals surface area contributed by atoms with Crippen LogP contribution in [-0.2, 0) is 0 Å². The third-order valence-electron chi connectivity index (χ3n) is 2.84. The van der Waals surface area contributed by atoms with Crippen molar-refractivity contribution in [2.24, 2.45) is 0 Å². The summed E-state index contributed by atoms with van der Waals surface area (Å²) >= 11 is 1.19. The van der Waals surface area contributed by atoms with Crippen molar-refractivity contribution in [1.82, 2.24) is 9.97 Å². The van der Waals surface area contributed by atoms with Gasteiger partial charge in [0.25, 0.3) is 0 Å². The summed E-state index contributed by atoms with van der Waals surface area (Å²) in [7, 11) is 0. The Kier molecular flexibility index (Phi) is 3.53. The zero-order valence-corrected chi connectivity index (χ0v) is 11.5. The average Bonchev–Trinajstić information content (AvgIpc) is 2.49. The number of carbonyl (C=O) groups is 1. The first-order chi connectivity index (χ1) is 10.1. The minimum atomic E-state index is -1.30. The molecule has 0 fully saturated rings. The van der Waals surface area contributed by atoms with Crippen molar-refractivity contribution in [3.05, 3.63) is 60.0 Å². The van der Waals surface area contributed by atoms with Crippen LogP contribution < -0.4 is 0 Å². The van der Waals surface area contributed by atoms with Crippen molar-refractivity contribution in [1.29, 1.82) is 0 Å². The van der Waals surface area contributed by atoms with E-state index >= 15 is 0 Å². The zero-order valence-electron chi connectivity index (χ0n) is 10.7. The third kappa shape index (κ3) is 2.85. The van der Waals surface area contributed by atoms with Gasteiger partial charge in [-0.3, -0.25) is 0 Å². The Morgan fingerprint density at radius 3 is 2.81 bits per heavy atom. The Balaban J connectivity index is 1.94. The first kappa shape index (κ1) is 13.5. The number of carboxylic acid groups (broad SMARTS) is 1. The number of para-hydroxylation sites is 1. The Morgan fingerprint density at radius 1 is 1.19 bits per heavy atom. The highest BCUT2D eigenvalue weighted by molar-refractivity contribution is 7.99. The summed E-state index contributed by atoms with van der Waals surface area (Å²) in [5.74, 6) is -2.05. The molecule has 0 atom stereocenters. The van der Waals surface area contributed by atoms with Crippen molar-refractivity contribution in [3.63, 3.8) is 0 Å². The maximum Gasteiger partial charge on any atom is 0.338 e. The van der Waals surface area contributed by atoms with Crippen LogP contribution in [0.1, 0.15) is 10.4 Å². The zero-order chi connectivity index (χ0) is 14.8. The van der Waals surface area contributed by atoms with Gasteiger partial charge >= 0.3 is 5.97 Å². The van der Waals surface area contributed by atoms with Gasteiger partial charge in [-0.15, -0.1) is 0 Å². The number of fused-ring (bicyclic) bond motifs is 1. The molecule has 1 N–H and O–H groups in total. The van der Waals surface area contributed by atoms with Crippen LogP contribution in [0.2, 0.25) is 0 Å². The Labute approximate surface area is 123 Å². The van der Waals surface area contributed by atoms with Crippen LogP contribution in [0.3, 0.4) is 0 Å². The topological polar surface area (TPSA) is 63.1 Å². The molecule has 0 radical (unpaired) electrons. The monoisotopic (exact) mass is 300 g/mol. The first-order valence-corrected chi connectivity index (χ1v) is 6.87. The molecule has 6 heteroatoms. The lowest BCUT2D eigenvalue weighted by Crippen LogP contribution is -2.00. The quantitative estimate of drug-likeness (QED) is 0.748. The molecule has 0 amide bonds. The summed E-state index contributed by atoms with van der Waals surface area (Å²) in [4.78, 5) is 20.1. The van der Waals surface area contributed by atoms with Gasteiger partial charge in [-0.1, -0.05) is 18.2 Å². The molecule has 1 aromatic heterocycles. The molecule has 0 saturated carbocycles. The lowest BCUT2D eigenvalue weighted by Gasteiger charge is -2.04. The number of aromatic nitrogens is 2. The van der Waals surface area contributed by atoms with Gasteiger partial charge in [-0.05, 0) is 36.0 Å². The van der Waals surface area contributed by atoms with Gasteiger partial charge in [-0.2, -0.15) is 0 Å². The Bertz CT molecular complexity index is 839. The summed E-state index contributed by atoms with van der Waals surface area (Å²) < 4.78 is 13.3. The molecule has 0 saturated heterocycles. The number of aromatic carboxylic acids is 1. The molecule has 0 aliphatic rings. The molecule has 0 unspecified atom stereocenters. The lowest BCUT2D eigenvalue weighted by molar-refractivity contribution is 0.0691. The molecule has 104 valence electrons. The summed E-state index contributed by atoms with van der Waals surface area (Å²) in [6, 6.07) is 11.5. The van der Waals surface area contributed by atoms with Crippen LogP contribution >= 0.6 is 11.8 Å². The normalized spacial score (nSPS) is 10.7. The fourth-order valence-electron chi connectivity index (χ4n) is 1.84. The van der Waals surface area contributed by atoms with Crippen LogP contribution in [0.5, 0.6) is 0 Å². The predicted molar refractivity (Wildman–Crippen MR) is 77.0 cm³/mol. The number of hydrogen-bond acceptors (Lipinski definition) is 4. The highest BCUT2D eigenvalue weighted by Crippen LogP contribution is 2.27. The van der Waals surface area contributed by atoms with E-state index in [1.54, 1.807) is 6.20 Å². The van der Waals surface area contributed by atoms with Gasteiger partial charge in [0.15, 0.2) is 5.16 Å². The molecule has 4 nitrogen and oxygen atoms in total. The molecule has 2 aromatic carbocycles. The van der Waals surface area contributed by atoms with Gasteiger partial charge < -0.3 is 5.11 Å². The first-order valence-electron chi connectivity index (χ1n) is 6.06.